The highest BCUT2D eigenvalue weighted by molar-refractivity contribution is 5.93. The van der Waals surface area contributed by atoms with E-state index in [0.717, 1.165) is 0 Å². The number of rotatable bonds is 2. The molecule has 0 atom stereocenters. The van der Waals surface area contributed by atoms with Crippen molar-refractivity contribution in [3.8, 4) is 6.07 Å². The molecule has 1 aromatic heterocycles. The molecular formula is C18H23FN4O. The van der Waals surface area contributed by atoms with E-state index in [9.17, 15) is 14.4 Å². The van der Waals surface area contributed by atoms with E-state index in [1.165, 1.54) is 12.1 Å². The average molecular weight is 330 g/mol. The Kier molecular flexibility index (Phi) is 4.40. The monoisotopic (exact) mass is 330 g/mol. The summed E-state index contributed by atoms with van der Waals surface area (Å²) < 4.78 is 15.5. The molecule has 0 aliphatic heterocycles. The number of fused-ring (bicyclic) bond motifs is 1. The van der Waals surface area contributed by atoms with Gasteiger partial charge in [-0.05, 0) is 32.3 Å². The second-order valence-electron chi connectivity index (χ2n) is 8.16. The summed E-state index contributed by atoms with van der Waals surface area (Å²) in [6.07, 6.45) is 0.333. The third kappa shape index (κ3) is 3.73. The van der Waals surface area contributed by atoms with E-state index < -0.39 is 11.4 Å². The summed E-state index contributed by atoms with van der Waals surface area (Å²) in [6.45, 7) is 11.8. The number of carbonyl (C=O) groups excluding carboxylic acids is 1. The van der Waals surface area contributed by atoms with E-state index in [0.29, 0.717) is 23.4 Å². The lowest BCUT2D eigenvalue weighted by Crippen LogP contribution is -2.27. The lowest BCUT2D eigenvalue weighted by molar-refractivity contribution is -0.117. The van der Waals surface area contributed by atoms with Gasteiger partial charge in [0, 0.05) is 18.0 Å². The van der Waals surface area contributed by atoms with Crippen LogP contribution < -0.4 is 5.32 Å². The van der Waals surface area contributed by atoms with Gasteiger partial charge in [0.1, 0.15) is 11.9 Å². The van der Waals surface area contributed by atoms with Crippen molar-refractivity contribution in [1.29, 1.82) is 5.26 Å². The minimum atomic E-state index is -0.523. The van der Waals surface area contributed by atoms with Crippen LogP contribution >= 0.6 is 0 Å². The molecule has 0 aliphatic rings. The van der Waals surface area contributed by atoms with Gasteiger partial charge < -0.3 is 4.57 Å². The van der Waals surface area contributed by atoms with Gasteiger partial charge in [0.25, 0.3) is 0 Å². The number of nitrogens with one attached hydrogen (secondary N) is 1. The zero-order chi connectivity index (χ0) is 18.3. The van der Waals surface area contributed by atoms with Crippen LogP contribution in [0.15, 0.2) is 12.1 Å². The van der Waals surface area contributed by atoms with Crippen molar-refractivity contribution in [2.45, 2.75) is 53.5 Å². The van der Waals surface area contributed by atoms with E-state index in [2.05, 4.69) is 10.3 Å². The number of carbonyl (C=O) groups is 1. The maximum atomic E-state index is 13.7. The van der Waals surface area contributed by atoms with E-state index in [4.69, 9.17) is 0 Å². The molecule has 5 nitrogen and oxygen atoms in total. The molecule has 1 aromatic carbocycles. The highest BCUT2D eigenvalue weighted by Crippen LogP contribution is 2.31. The third-order valence-corrected chi connectivity index (χ3v) is 3.45. The largest absolute Gasteiger partial charge is 0.303 e. The highest BCUT2D eigenvalue weighted by Gasteiger charge is 2.26. The van der Waals surface area contributed by atoms with Crippen LogP contribution in [-0.2, 0) is 10.3 Å². The van der Waals surface area contributed by atoms with Crippen LogP contribution in [0.1, 0.15) is 53.5 Å². The second-order valence-corrected chi connectivity index (χ2v) is 8.16. The first kappa shape index (κ1) is 17.9. The number of hydrogen-bond acceptors (Lipinski definition) is 3. The number of aromatic nitrogens is 2. The third-order valence-electron chi connectivity index (χ3n) is 3.45. The van der Waals surface area contributed by atoms with Crippen LogP contribution in [-0.4, -0.2) is 15.5 Å². The van der Waals surface area contributed by atoms with Crippen LogP contribution in [0.25, 0.3) is 11.0 Å². The number of hydrogen-bond donors (Lipinski definition) is 1. The normalized spacial score (nSPS) is 12.2. The SMILES string of the molecule is CC(C)(C)CC(=O)Nc1nc2cc(F)cc(C#N)c2n1C(C)(C)C. The summed E-state index contributed by atoms with van der Waals surface area (Å²) in [5.41, 5.74) is 0.475. The van der Waals surface area contributed by atoms with E-state index in [1.807, 2.05) is 47.6 Å². The molecule has 0 spiro atoms. The predicted octanol–water partition coefficient (Wildman–Crippen LogP) is 4.18. The summed E-state index contributed by atoms with van der Waals surface area (Å²) in [4.78, 5) is 16.7. The summed E-state index contributed by atoms with van der Waals surface area (Å²) in [5, 5.41) is 12.2. The minimum absolute atomic E-state index is 0.160. The van der Waals surface area contributed by atoms with Crippen LogP contribution in [0.2, 0.25) is 0 Å². The molecule has 0 fully saturated rings. The van der Waals surface area contributed by atoms with Gasteiger partial charge in [-0.2, -0.15) is 5.26 Å². The number of benzene rings is 1. The van der Waals surface area contributed by atoms with E-state index in [-0.39, 0.29) is 16.9 Å². The molecule has 0 aliphatic carbocycles. The van der Waals surface area contributed by atoms with Crippen molar-refractivity contribution in [2.24, 2.45) is 5.41 Å². The van der Waals surface area contributed by atoms with Gasteiger partial charge >= 0.3 is 0 Å². The van der Waals surface area contributed by atoms with Gasteiger partial charge in [-0.3, -0.25) is 10.1 Å². The Labute approximate surface area is 141 Å². The van der Waals surface area contributed by atoms with Gasteiger partial charge in [0.2, 0.25) is 11.9 Å². The summed E-state index contributed by atoms with van der Waals surface area (Å²) >= 11 is 0. The van der Waals surface area contributed by atoms with Crippen LogP contribution in [0.5, 0.6) is 0 Å². The Bertz CT molecular complexity index is 832. The van der Waals surface area contributed by atoms with Crippen LogP contribution in [0, 0.1) is 22.6 Å². The summed E-state index contributed by atoms with van der Waals surface area (Å²) in [5.74, 6) is -0.360. The Morgan fingerprint density at radius 3 is 2.42 bits per heavy atom. The van der Waals surface area contributed by atoms with Crippen molar-refractivity contribution in [3.63, 3.8) is 0 Å². The van der Waals surface area contributed by atoms with Crippen LogP contribution in [0.4, 0.5) is 10.3 Å². The number of halogens is 1. The Morgan fingerprint density at radius 2 is 1.92 bits per heavy atom. The molecule has 128 valence electrons. The smallest absolute Gasteiger partial charge is 0.227 e. The number of amides is 1. The van der Waals surface area contributed by atoms with Gasteiger partial charge in [0.15, 0.2) is 0 Å². The van der Waals surface area contributed by atoms with E-state index >= 15 is 0 Å². The second kappa shape index (κ2) is 5.90. The quantitative estimate of drug-likeness (QED) is 0.898. The fourth-order valence-electron chi connectivity index (χ4n) is 2.65. The number of anilines is 1. The molecule has 1 N–H and O–H groups in total. The highest BCUT2D eigenvalue weighted by atomic mass is 19.1. The fourth-order valence-corrected chi connectivity index (χ4v) is 2.65. The minimum Gasteiger partial charge on any atom is -0.303 e. The molecule has 2 rings (SSSR count). The van der Waals surface area contributed by atoms with Crippen molar-refractivity contribution in [2.75, 3.05) is 5.32 Å². The lowest BCUT2D eigenvalue weighted by Gasteiger charge is -2.25. The maximum absolute atomic E-state index is 13.7. The molecule has 2 aromatic rings. The molecule has 0 saturated heterocycles. The zero-order valence-corrected chi connectivity index (χ0v) is 15.0. The fraction of sp³-hybridized carbons (Fsp3) is 0.500. The molecular weight excluding hydrogens is 307 g/mol. The van der Waals surface area contributed by atoms with E-state index in [1.54, 1.807) is 4.57 Å². The molecule has 0 unspecified atom stereocenters. The van der Waals surface area contributed by atoms with Crippen LogP contribution in [0.3, 0.4) is 0 Å². The molecule has 1 amide bonds. The van der Waals surface area contributed by atoms with Crippen molar-refractivity contribution in [1.82, 2.24) is 9.55 Å². The maximum Gasteiger partial charge on any atom is 0.227 e. The Morgan fingerprint density at radius 1 is 1.29 bits per heavy atom. The van der Waals surface area contributed by atoms with Gasteiger partial charge in [-0.15, -0.1) is 0 Å². The summed E-state index contributed by atoms with van der Waals surface area (Å²) in [6, 6.07) is 4.48. The summed E-state index contributed by atoms with van der Waals surface area (Å²) in [7, 11) is 0. The standard InChI is InChI=1S/C18H23FN4O/c1-17(2,3)9-14(24)22-16-21-13-8-12(19)7-11(10-20)15(13)23(16)18(4,5)6/h7-8H,9H2,1-6H3,(H,21,22,24). The average Bonchev–Trinajstić information content (AvgIpc) is 2.72. The zero-order valence-electron chi connectivity index (χ0n) is 15.0. The number of nitriles is 1. The topological polar surface area (TPSA) is 70.7 Å². The van der Waals surface area contributed by atoms with Crippen molar-refractivity contribution >= 4 is 22.9 Å². The first-order chi connectivity index (χ1) is 10.9. The molecule has 0 bridgehead atoms. The number of nitrogens with zero attached hydrogens (tertiary/aromatic N) is 3. The Hall–Kier alpha value is -2.42. The molecule has 0 radical (unpaired) electrons. The van der Waals surface area contributed by atoms with Gasteiger partial charge in [-0.1, -0.05) is 20.8 Å². The van der Waals surface area contributed by atoms with Crippen molar-refractivity contribution < 1.29 is 9.18 Å². The van der Waals surface area contributed by atoms with Crippen molar-refractivity contribution in [3.05, 3.63) is 23.5 Å². The molecule has 24 heavy (non-hydrogen) atoms. The number of imidazole rings is 1. The molecule has 6 heteroatoms. The molecule has 0 saturated carbocycles. The predicted molar refractivity (Wildman–Crippen MR) is 92.1 cm³/mol. The van der Waals surface area contributed by atoms with Gasteiger partial charge in [-0.25, -0.2) is 9.37 Å². The first-order valence-corrected chi connectivity index (χ1v) is 7.85. The molecule has 1 heterocycles. The van der Waals surface area contributed by atoms with Gasteiger partial charge in [0.05, 0.1) is 16.6 Å². The lowest BCUT2D eigenvalue weighted by atomic mass is 9.92. The first-order valence-electron chi connectivity index (χ1n) is 7.85. The Balaban J connectivity index is 2.62.